The number of carbonyl (C=O) groups excluding carboxylic acids is 3. The average molecular weight is 372 g/mol. The van der Waals surface area contributed by atoms with E-state index in [1.807, 2.05) is 0 Å². The van der Waals surface area contributed by atoms with E-state index in [9.17, 15) is 23.9 Å². The molecule has 2 aromatic rings. The fourth-order valence-electron chi connectivity index (χ4n) is 2.27. The van der Waals surface area contributed by atoms with E-state index in [0.29, 0.717) is 23.0 Å². The molecule has 26 heavy (non-hydrogen) atoms. The highest BCUT2D eigenvalue weighted by molar-refractivity contribution is 8.18. The number of imide groups is 1. The summed E-state index contributed by atoms with van der Waals surface area (Å²) in [6.07, 6.45) is 1.47. The predicted molar refractivity (Wildman–Crippen MR) is 95.8 cm³/mol. The summed E-state index contributed by atoms with van der Waals surface area (Å²) >= 11 is 0.716. The van der Waals surface area contributed by atoms with Gasteiger partial charge in [-0.2, -0.15) is 0 Å². The number of phenols is 1. The second-order valence-corrected chi connectivity index (χ2v) is 6.41. The highest BCUT2D eigenvalue weighted by atomic mass is 32.2. The Bertz CT molecular complexity index is 912. The third kappa shape index (κ3) is 4.09. The topological polar surface area (TPSA) is 86.7 Å². The number of thioether (sulfide) groups is 1. The van der Waals surface area contributed by atoms with Crippen LogP contribution in [0.15, 0.2) is 53.4 Å². The molecule has 2 N–H and O–H groups in total. The van der Waals surface area contributed by atoms with Gasteiger partial charge >= 0.3 is 0 Å². The van der Waals surface area contributed by atoms with Crippen LogP contribution < -0.4 is 5.32 Å². The summed E-state index contributed by atoms with van der Waals surface area (Å²) in [6.45, 7) is -0.443. The van der Waals surface area contributed by atoms with Gasteiger partial charge in [-0.3, -0.25) is 19.3 Å². The molecule has 0 bridgehead atoms. The molecule has 1 aliphatic heterocycles. The zero-order valence-corrected chi connectivity index (χ0v) is 14.1. The summed E-state index contributed by atoms with van der Waals surface area (Å²) in [6, 6.07) is 11.4. The van der Waals surface area contributed by atoms with Crippen molar-refractivity contribution < 1.29 is 23.9 Å². The number of halogens is 1. The summed E-state index contributed by atoms with van der Waals surface area (Å²) in [5, 5.41) is 11.3. The van der Waals surface area contributed by atoms with Crippen molar-refractivity contribution in [2.75, 3.05) is 11.9 Å². The number of nitrogens with one attached hydrogen (secondary N) is 1. The Morgan fingerprint density at radius 1 is 1.19 bits per heavy atom. The van der Waals surface area contributed by atoms with Crippen LogP contribution in [0, 0.1) is 5.82 Å². The lowest BCUT2D eigenvalue weighted by Gasteiger charge is -2.12. The van der Waals surface area contributed by atoms with Crippen LogP contribution in [0.3, 0.4) is 0 Å². The SMILES string of the molecule is O=C(CN1C(=O)S/C(=C\c2ccc(F)cc2)C1=O)Nc1cccc(O)c1. The van der Waals surface area contributed by atoms with Crippen LogP contribution in [0.4, 0.5) is 14.9 Å². The molecule has 0 radical (unpaired) electrons. The number of phenolic OH excluding ortho intramolecular Hbond substituents is 1. The Hall–Kier alpha value is -3.13. The third-order valence-electron chi connectivity index (χ3n) is 3.47. The Balaban J connectivity index is 1.69. The fourth-order valence-corrected chi connectivity index (χ4v) is 3.11. The van der Waals surface area contributed by atoms with Crippen LogP contribution in [0.1, 0.15) is 5.56 Å². The zero-order chi connectivity index (χ0) is 18.7. The number of aromatic hydroxyl groups is 1. The van der Waals surface area contributed by atoms with Gasteiger partial charge < -0.3 is 10.4 Å². The molecule has 3 rings (SSSR count). The van der Waals surface area contributed by atoms with Crippen LogP contribution in [-0.2, 0) is 9.59 Å². The van der Waals surface area contributed by atoms with Crippen LogP contribution in [0.25, 0.3) is 6.08 Å². The number of nitrogens with zero attached hydrogens (tertiary/aromatic N) is 1. The van der Waals surface area contributed by atoms with Gasteiger partial charge in [-0.15, -0.1) is 0 Å². The van der Waals surface area contributed by atoms with E-state index in [1.165, 1.54) is 42.5 Å². The molecule has 3 amide bonds. The quantitative estimate of drug-likeness (QED) is 0.805. The monoisotopic (exact) mass is 372 g/mol. The number of rotatable bonds is 4. The van der Waals surface area contributed by atoms with Gasteiger partial charge in [0.15, 0.2) is 0 Å². The molecule has 1 fully saturated rings. The lowest BCUT2D eigenvalue weighted by Crippen LogP contribution is -2.36. The summed E-state index contributed by atoms with van der Waals surface area (Å²) in [5.41, 5.74) is 0.921. The van der Waals surface area contributed by atoms with Gasteiger partial charge in [-0.25, -0.2) is 4.39 Å². The van der Waals surface area contributed by atoms with Crippen molar-refractivity contribution in [1.29, 1.82) is 0 Å². The van der Waals surface area contributed by atoms with Crippen molar-refractivity contribution in [3.63, 3.8) is 0 Å². The van der Waals surface area contributed by atoms with Crippen molar-refractivity contribution in [3.05, 3.63) is 64.8 Å². The van der Waals surface area contributed by atoms with E-state index in [-0.39, 0.29) is 10.7 Å². The Labute approximate surface area is 152 Å². The van der Waals surface area contributed by atoms with Crippen LogP contribution in [0.2, 0.25) is 0 Å². The van der Waals surface area contributed by atoms with E-state index in [2.05, 4.69) is 5.32 Å². The Kier molecular flexibility index (Phi) is 5.04. The highest BCUT2D eigenvalue weighted by Crippen LogP contribution is 2.32. The Morgan fingerprint density at radius 3 is 2.62 bits per heavy atom. The minimum Gasteiger partial charge on any atom is -0.508 e. The third-order valence-corrected chi connectivity index (χ3v) is 4.38. The van der Waals surface area contributed by atoms with E-state index in [1.54, 1.807) is 12.1 Å². The minimum absolute atomic E-state index is 0.0174. The van der Waals surface area contributed by atoms with Gasteiger partial charge in [-0.1, -0.05) is 18.2 Å². The van der Waals surface area contributed by atoms with Crippen LogP contribution >= 0.6 is 11.8 Å². The standard InChI is InChI=1S/C18H13FN2O4S/c19-12-6-4-11(5-7-12)8-15-17(24)21(18(25)26-15)10-16(23)20-13-2-1-3-14(22)9-13/h1-9,22H,10H2,(H,20,23)/b15-8-. The summed E-state index contributed by atoms with van der Waals surface area (Å²) in [4.78, 5) is 37.4. The number of amides is 3. The maximum atomic E-state index is 12.9. The van der Waals surface area contributed by atoms with Crippen molar-refractivity contribution in [3.8, 4) is 5.75 Å². The predicted octanol–water partition coefficient (Wildman–Crippen LogP) is 3.21. The number of benzene rings is 2. The van der Waals surface area contributed by atoms with Gasteiger partial charge in [0, 0.05) is 11.8 Å². The first-order valence-electron chi connectivity index (χ1n) is 7.52. The molecule has 0 unspecified atom stereocenters. The smallest absolute Gasteiger partial charge is 0.294 e. The van der Waals surface area contributed by atoms with Crippen LogP contribution in [-0.4, -0.2) is 33.6 Å². The van der Waals surface area contributed by atoms with Crippen LogP contribution in [0.5, 0.6) is 5.75 Å². The molecule has 0 aliphatic carbocycles. The molecule has 8 heteroatoms. The first-order chi connectivity index (χ1) is 12.4. The number of anilines is 1. The van der Waals surface area contributed by atoms with Crippen molar-refractivity contribution in [1.82, 2.24) is 4.90 Å². The fraction of sp³-hybridized carbons (Fsp3) is 0.0556. The molecule has 0 atom stereocenters. The van der Waals surface area contributed by atoms with Crippen molar-refractivity contribution in [2.24, 2.45) is 0 Å². The largest absolute Gasteiger partial charge is 0.508 e. The van der Waals surface area contributed by atoms with Crippen molar-refractivity contribution in [2.45, 2.75) is 0 Å². The normalized spacial score (nSPS) is 15.6. The second-order valence-electron chi connectivity index (χ2n) is 5.42. The number of carbonyl (C=O) groups is 3. The molecule has 1 aliphatic rings. The summed E-state index contributed by atoms with van der Waals surface area (Å²) in [7, 11) is 0. The van der Waals surface area contributed by atoms with Gasteiger partial charge in [-0.05, 0) is 47.7 Å². The lowest BCUT2D eigenvalue weighted by molar-refractivity contribution is -0.127. The highest BCUT2D eigenvalue weighted by Gasteiger charge is 2.36. The lowest BCUT2D eigenvalue weighted by atomic mass is 10.2. The molecule has 132 valence electrons. The molecule has 1 saturated heterocycles. The van der Waals surface area contributed by atoms with Gasteiger partial charge in [0.2, 0.25) is 5.91 Å². The first kappa shape index (κ1) is 17.7. The van der Waals surface area contributed by atoms with E-state index in [0.717, 1.165) is 4.90 Å². The maximum Gasteiger partial charge on any atom is 0.294 e. The minimum atomic E-state index is -0.588. The molecular formula is C18H13FN2O4S. The number of hydrogen-bond donors (Lipinski definition) is 2. The summed E-state index contributed by atoms with van der Waals surface area (Å²) in [5.74, 6) is -1.58. The second kappa shape index (κ2) is 7.40. The van der Waals surface area contributed by atoms with Crippen molar-refractivity contribution >= 4 is 40.6 Å². The molecule has 0 spiro atoms. The maximum absolute atomic E-state index is 12.9. The van der Waals surface area contributed by atoms with E-state index in [4.69, 9.17) is 0 Å². The van der Waals surface area contributed by atoms with E-state index >= 15 is 0 Å². The first-order valence-corrected chi connectivity index (χ1v) is 8.34. The molecule has 0 saturated carbocycles. The molecule has 2 aromatic carbocycles. The summed E-state index contributed by atoms with van der Waals surface area (Å²) < 4.78 is 12.9. The average Bonchev–Trinajstić information content (AvgIpc) is 2.84. The van der Waals surface area contributed by atoms with E-state index < -0.39 is 29.4 Å². The number of hydrogen-bond acceptors (Lipinski definition) is 5. The molecule has 1 heterocycles. The zero-order valence-electron chi connectivity index (χ0n) is 13.3. The molecular weight excluding hydrogens is 359 g/mol. The molecule has 6 nitrogen and oxygen atoms in total. The van der Waals surface area contributed by atoms with Gasteiger partial charge in [0.05, 0.1) is 4.91 Å². The Morgan fingerprint density at radius 2 is 1.92 bits per heavy atom. The van der Waals surface area contributed by atoms with Gasteiger partial charge in [0.25, 0.3) is 11.1 Å². The molecule has 0 aromatic heterocycles. The van der Waals surface area contributed by atoms with Gasteiger partial charge in [0.1, 0.15) is 18.1 Å².